The molecule has 6 heteroatoms. The molecule has 3 rings (SSSR count). The van der Waals surface area contributed by atoms with Crippen molar-refractivity contribution in [1.29, 1.82) is 0 Å². The van der Waals surface area contributed by atoms with Gasteiger partial charge in [-0.3, -0.25) is 9.59 Å². The molecule has 2 aliphatic rings. The van der Waals surface area contributed by atoms with Gasteiger partial charge in [-0.05, 0) is 49.5 Å². The number of ether oxygens (including phenoxy) is 1. The van der Waals surface area contributed by atoms with Crippen molar-refractivity contribution in [1.82, 2.24) is 10.6 Å². The summed E-state index contributed by atoms with van der Waals surface area (Å²) in [7, 11) is 1.33. The SMILES string of the molecule is COC(=O)c1ccc(C=C(C(=O)NC2CCCCC2)C(=O)NC2CCCCC2)cc1. The number of rotatable bonds is 6. The zero-order valence-corrected chi connectivity index (χ0v) is 17.7. The Bertz CT molecular complexity index is 739. The van der Waals surface area contributed by atoms with Gasteiger partial charge in [-0.15, -0.1) is 0 Å². The van der Waals surface area contributed by atoms with Crippen LogP contribution in [-0.4, -0.2) is 37.0 Å². The van der Waals surface area contributed by atoms with E-state index in [9.17, 15) is 14.4 Å². The highest BCUT2D eigenvalue weighted by Gasteiger charge is 2.25. The average molecular weight is 413 g/mol. The molecule has 0 unspecified atom stereocenters. The molecule has 1 aromatic carbocycles. The molecule has 1 aromatic rings. The summed E-state index contributed by atoms with van der Waals surface area (Å²) < 4.78 is 4.72. The Balaban J connectivity index is 1.77. The van der Waals surface area contributed by atoms with Crippen LogP contribution in [0.3, 0.4) is 0 Å². The third-order valence-electron chi connectivity index (χ3n) is 6.01. The van der Waals surface area contributed by atoms with E-state index in [1.165, 1.54) is 20.0 Å². The van der Waals surface area contributed by atoms with Crippen molar-refractivity contribution in [2.45, 2.75) is 76.3 Å². The van der Waals surface area contributed by atoms with Gasteiger partial charge in [0.05, 0.1) is 12.7 Å². The van der Waals surface area contributed by atoms with E-state index in [0.717, 1.165) is 51.4 Å². The number of carbonyl (C=O) groups excluding carboxylic acids is 3. The molecule has 6 nitrogen and oxygen atoms in total. The first-order chi connectivity index (χ1) is 14.6. The van der Waals surface area contributed by atoms with Crippen LogP contribution in [0.25, 0.3) is 6.08 Å². The number of nitrogens with one attached hydrogen (secondary N) is 2. The quantitative estimate of drug-likeness (QED) is 0.323. The fourth-order valence-electron chi connectivity index (χ4n) is 4.25. The number of benzene rings is 1. The minimum Gasteiger partial charge on any atom is -0.465 e. The van der Waals surface area contributed by atoms with Gasteiger partial charge < -0.3 is 15.4 Å². The summed E-state index contributed by atoms with van der Waals surface area (Å²) in [6.07, 6.45) is 12.2. The summed E-state index contributed by atoms with van der Waals surface area (Å²) in [6.45, 7) is 0. The third-order valence-corrected chi connectivity index (χ3v) is 6.01. The Hall–Kier alpha value is -2.63. The average Bonchev–Trinajstić information content (AvgIpc) is 2.78. The lowest BCUT2D eigenvalue weighted by Gasteiger charge is -2.25. The highest BCUT2D eigenvalue weighted by molar-refractivity contribution is 6.21. The monoisotopic (exact) mass is 412 g/mol. The van der Waals surface area contributed by atoms with Gasteiger partial charge in [0.2, 0.25) is 0 Å². The molecule has 0 atom stereocenters. The van der Waals surface area contributed by atoms with E-state index in [1.54, 1.807) is 30.3 Å². The highest BCUT2D eigenvalue weighted by atomic mass is 16.5. The second kappa shape index (κ2) is 11.0. The smallest absolute Gasteiger partial charge is 0.337 e. The summed E-state index contributed by atoms with van der Waals surface area (Å²) in [6, 6.07) is 6.95. The standard InChI is InChI=1S/C24H32N2O4/c1-30-24(29)18-14-12-17(13-15-18)16-21(22(27)25-19-8-4-2-5-9-19)23(28)26-20-10-6-3-7-11-20/h12-16,19-20H,2-11H2,1H3,(H,25,27)(H,26,28). The lowest BCUT2D eigenvalue weighted by molar-refractivity contribution is -0.124. The van der Waals surface area contributed by atoms with E-state index in [4.69, 9.17) is 4.74 Å². The molecule has 162 valence electrons. The van der Waals surface area contributed by atoms with Crippen LogP contribution in [0, 0.1) is 0 Å². The molecule has 0 aliphatic heterocycles. The van der Waals surface area contributed by atoms with Crippen molar-refractivity contribution in [3.63, 3.8) is 0 Å². The molecule has 0 heterocycles. The Kier molecular flexibility index (Phi) is 8.05. The molecule has 0 saturated heterocycles. The van der Waals surface area contributed by atoms with Gasteiger partial charge in [0, 0.05) is 12.1 Å². The minimum absolute atomic E-state index is 0.122. The molecule has 0 radical (unpaired) electrons. The van der Waals surface area contributed by atoms with Crippen LogP contribution in [0.2, 0.25) is 0 Å². The number of carbonyl (C=O) groups is 3. The maximum atomic E-state index is 13.0. The summed E-state index contributed by atoms with van der Waals surface area (Å²) in [5, 5.41) is 6.11. The Morgan fingerprint density at radius 1 is 0.800 bits per heavy atom. The van der Waals surface area contributed by atoms with Crippen LogP contribution in [-0.2, 0) is 14.3 Å². The first-order valence-electron chi connectivity index (χ1n) is 11.1. The van der Waals surface area contributed by atoms with Crippen LogP contribution in [0.15, 0.2) is 29.8 Å². The van der Waals surface area contributed by atoms with Gasteiger partial charge in [0.1, 0.15) is 5.57 Å². The van der Waals surface area contributed by atoms with E-state index in [2.05, 4.69) is 10.6 Å². The molecule has 2 fully saturated rings. The topological polar surface area (TPSA) is 84.5 Å². The first-order valence-corrected chi connectivity index (χ1v) is 11.1. The van der Waals surface area contributed by atoms with E-state index in [0.29, 0.717) is 11.1 Å². The Morgan fingerprint density at radius 3 is 1.70 bits per heavy atom. The van der Waals surface area contributed by atoms with Crippen molar-refractivity contribution < 1.29 is 19.1 Å². The van der Waals surface area contributed by atoms with Crippen molar-refractivity contribution in [2.24, 2.45) is 0 Å². The summed E-state index contributed by atoms with van der Waals surface area (Å²) in [5.74, 6) is -1.07. The molecule has 2 saturated carbocycles. The zero-order valence-electron chi connectivity index (χ0n) is 17.7. The molecular weight excluding hydrogens is 380 g/mol. The molecule has 0 aromatic heterocycles. The number of amides is 2. The fourth-order valence-corrected chi connectivity index (χ4v) is 4.25. The molecule has 0 spiro atoms. The van der Waals surface area contributed by atoms with Crippen LogP contribution in [0.4, 0.5) is 0 Å². The van der Waals surface area contributed by atoms with Crippen molar-refractivity contribution in [3.05, 3.63) is 41.0 Å². The number of esters is 1. The second-order valence-electron chi connectivity index (χ2n) is 8.29. The van der Waals surface area contributed by atoms with Crippen LogP contribution in [0.5, 0.6) is 0 Å². The van der Waals surface area contributed by atoms with Crippen molar-refractivity contribution in [2.75, 3.05) is 7.11 Å². The predicted molar refractivity (Wildman–Crippen MR) is 116 cm³/mol. The van der Waals surface area contributed by atoms with Crippen molar-refractivity contribution >= 4 is 23.9 Å². The Morgan fingerprint density at radius 2 is 1.27 bits per heavy atom. The molecule has 2 N–H and O–H groups in total. The second-order valence-corrected chi connectivity index (χ2v) is 8.29. The minimum atomic E-state index is -0.421. The summed E-state index contributed by atoms with van der Waals surface area (Å²) >= 11 is 0. The third kappa shape index (κ3) is 6.18. The summed E-state index contributed by atoms with van der Waals surface area (Å²) in [5.41, 5.74) is 1.24. The molecular formula is C24H32N2O4. The molecule has 2 aliphatic carbocycles. The van der Waals surface area contributed by atoms with E-state index >= 15 is 0 Å². The van der Waals surface area contributed by atoms with E-state index in [1.807, 2.05) is 0 Å². The van der Waals surface area contributed by atoms with E-state index in [-0.39, 0.29) is 29.5 Å². The predicted octanol–water partition coefficient (Wildman–Crippen LogP) is 3.75. The number of hydrogen-bond donors (Lipinski definition) is 2. The van der Waals surface area contributed by atoms with Gasteiger partial charge in [0.15, 0.2) is 0 Å². The van der Waals surface area contributed by atoms with Gasteiger partial charge >= 0.3 is 5.97 Å². The molecule has 2 amide bonds. The molecule has 30 heavy (non-hydrogen) atoms. The largest absolute Gasteiger partial charge is 0.465 e. The zero-order chi connectivity index (χ0) is 21.3. The van der Waals surface area contributed by atoms with Gasteiger partial charge in [-0.2, -0.15) is 0 Å². The lowest BCUT2D eigenvalue weighted by atomic mass is 9.94. The van der Waals surface area contributed by atoms with E-state index < -0.39 is 5.97 Å². The normalized spacial score (nSPS) is 17.6. The van der Waals surface area contributed by atoms with Crippen molar-refractivity contribution in [3.8, 4) is 0 Å². The number of methoxy groups -OCH3 is 1. The maximum Gasteiger partial charge on any atom is 0.337 e. The first kappa shape index (κ1) is 22.1. The summed E-state index contributed by atoms with van der Waals surface area (Å²) in [4.78, 5) is 37.7. The van der Waals surface area contributed by atoms with Crippen LogP contribution >= 0.6 is 0 Å². The maximum absolute atomic E-state index is 13.0. The fraction of sp³-hybridized carbons (Fsp3) is 0.542. The van der Waals surface area contributed by atoms with Crippen LogP contribution in [0.1, 0.15) is 80.1 Å². The Labute approximate surface area is 178 Å². The van der Waals surface area contributed by atoms with Gasteiger partial charge in [-0.25, -0.2) is 4.79 Å². The highest BCUT2D eigenvalue weighted by Crippen LogP contribution is 2.20. The van der Waals surface area contributed by atoms with Gasteiger partial charge in [0.25, 0.3) is 11.8 Å². The lowest BCUT2D eigenvalue weighted by Crippen LogP contribution is -2.43. The number of hydrogen-bond acceptors (Lipinski definition) is 4. The van der Waals surface area contributed by atoms with Gasteiger partial charge in [-0.1, -0.05) is 50.7 Å². The van der Waals surface area contributed by atoms with Crippen LogP contribution < -0.4 is 10.6 Å². The molecule has 0 bridgehead atoms.